The number of imidazole rings is 1. The lowest BCUT2D eigenvalue weighted by Crippen LogP contribution is -2.43. The topological polar surface area (TPSA) is 56.4 Å². The number of nitrogens with one attached hydrogen (secondary N) is 2. The van der Waals surface area contributed by atoms with Gasteiger partial charge in [0.2, 0.25) is 0 Å². The lowest BCUT2D eigenvalue weighted by molar-refractivity contribution is 0.0350. The number of hydrogen-bond acceptors (Lipinski definition) is 6. The first-order valence-electron chi connectivity index (χ1n) is 9.64. The van der Waals surface area contributed by atoms with Crippen molar-refractivity contribution in [2.45, 2.75) is 23.8 Å². The molecule has 2 aromatic rings. The van der Waals surface area contributed by atoms with Gasteiger partial charge in [-0.2, -0.15) is 0 Å². The van der Waals surface area contributed by atoms with E-state index in [-0.39, 0.29) is 42.0 Å². The molecule has 0 aliphatic carbocycles. The van der Waals surface area contributed by atoms with Gasteiger partial charge in [0.25, 0.3) is 0 Å². The second kappa shape index (κ2) is 12.2. The molecule has 2 fully saturated rings. The number of nitrogens with zero attached hydrogens (tertiary/aromatic N) is 3. The van der Waals surface area contributed by atoms with Gasteiger partial charge in [0.15, 0.2) is 5.16 Å². The number of benzene rings is 1. The molecule has 0 saturated carbocycles. The number of thioether (sulfide) groups is 1. The average molecular weight is 519 g/mol. The highest BCUT2D eigenvalue weighted by Crippen LogP contribution is 2.35. The van der Waals surface area contributed by atoms with Gasteiger partial charge >= 0.3 is 0 Å². The van der Waals surface area contributed by atoms with Crippen molar-refractivity contribution in [3.63, 3.8) is 0 Å². The van der Waals surface area contributed by atoms with Gasteiger partial charge in [-0.15, -0.1) is 37.2 Å². The Hall–Kier alpha value is -0.120. The summed E-state index contributed by atoms with van der Waals surface area (Å²) in [6.45, 7) is 13.2. The van der Waals surface area contributed by atoms with Crippen LogP contribution in [0.15, 0.2) is 17.3 Å². The van der Waals surface area contributed by atoms with Crippen LogP contribution >= 0.6 is 60.6 Å². The first-order chi connectivity index (χ1) is 13.0. The van der Waals surface area contributed by atoms with Crippen LogP contribution in [0.5, 0.6) is 0 Å². The molecule has 0 spiro atoms. The minimum absolute atomic E-state index is 0. The number of H-pyrrole nitrogens is 1. The maximum absolute atomic E-state index is 6.57. The van der Waals surface area contributed by atoms with E-state index in [0.717, 1.165) is 85.9 Å². The summed E-state index contributed by atoms with van der Waals surface area (Å²) in [6, 6.07) is 4.14. The molecule has 4 rings (SSSR count). The third kappa shape index (κ3) is 6.94. The molecule has 1 aromatic heterocycles. The molecule has 2 aliphatic heterocycles. The Morgan fingerprint density at radius 3 is 2.43 bits per heavy atom. The summed E-state index contributed by atoms with van der Waals surface area (Å²) < 4.78 is 5.52. The van der Waals surface area contributed by atoms with Crippen LogP contribution in [0.2, 0.25) is 5.02 Å². The summed E-state index contributed by atoms with van der Waals surface area (Å²) in [5.74, 6) is 0. The van der Waals surface area contributed by atoms with E-state index in [1.54, 1.807) is 11.8 Å². The number of fused-ring (bicyclic) bond motifs is 1. The van der Waals surface area contributed by atoms with Gasteiger partial charge in [-0.1, -0.05) is 23.4 Å². The summed E-state index contributed by atoms with van der Waals surface area (Å²) in [7, 11) is 0. The van der Waals surface area contributed by atoms with Gasteiger partial charge in [-0.25, -0.2) is 4.98 Å². The molecular formula is C19H31Cl4N5OS. The van der Waals surface area contributed by atoms with Crippen molar-refractivity contribution < 1.29 is 4.74 Å². The second-order valence-electron chi connectivity index (χ2n) is 7.85. The fourth-order valence-electron chi connectivity index (χ4n) is 3.78. The summed E-state index contributed by atoms with van der Waals surface area (Å²) in [4.78, 5) is 13.1. The van der Waals surface area contributed by atoms with Gasteiger partial charge in [0.1, 0.15) is 0 Å². The van der Waals surface area contributed by atoms with Gasteiger partial charge < -0.3 is 19.9 Å². The fraction of sp³-hybridized carbons (Fsp3) is 0.632. The molecule has 0 radical (unpaired) electrons. The molecule has 0 unspecified atom stereocenters. The zero-order valence-corrected chi connectivity index (χ0v) is 21.3. The van der Waals surface area contributed by atoms with Crippen LogP contribution in [-0.4, -0.2) is 78.6 Å². The number of rotatable bonds is 5. The highest BCUT2D eigenvalue weighted by molar-refractivity contribution is 8.00. The molecule has 11 heteroatoms. The van der Waals surface area contributed by atoms with Crippen LogP contribution in [-0.2, 0) is 4.74 Å². The van der Waals surface area contributed by atoms with E-state index in [2.05, 4.69) is 40.0 Å². The molecule has 0 bridgehead atoms. The number of anilines is 1. The lowest BCUT2D eigenvalue weighted by atomic mass is 10.2. The van der Waals surface area contributed by atoms with E-state index in [0.29, 0.717) is 0 Å². The number of morpholine rings is 1. The van der Waals surface area contributed by atoms with Crippen molar-refractivity contribution >= 4 is 77.3 Å². The van der Waals surface area contributed by atoms with Gasteiger partial charge in [0, 0.05) is 50.6 Å². The first kappa shape index (κ1) is 27.9. The molecule has 3 heterocycles. The highest BCUT2D eigenvalue weighted by atomic mass is 35.5. The molecular weight excluding hydrogens is 488 g/mol. The van der Waals surface area contributed by atoms with E-state index < -0.39 is 0 Å². The normalized spacial score (nSPS) is 17.8. The van der Waals surface area contributed by atoms with E-state index in [4.69, 9.17) is 21.3 Å². The van der Waals surface area contributed by atoms with Crippen molar-refractivity contribution in [3.05, 3.63) is 17.2 Å². The van der Waals surface area contributed by atoms with Crippen LogP contribution in [0.3, 0.4) is 0 Å². The number of hydrogen-bond donors (Lipinski definition) is 2. The highest BCUT2D eigenvalue weighted by Gasteiger charge is 2.26. The average Bonchev–Trinajstić information content (AvgIpc) is 3.02. The summed E-state index contributed by atoms with van der Waals surface area (Å²) in [5.41, 5.74) is 3.08. The monoisotopic (exact) mass is 517 g/mol. The molecule has 1 aromatic carbocycles. The largest absolute Gasteiger partial charge is 0.379 e. The Balaban J connectivity index is 0.00000150. The Morgan fingerprint density at radius 1 is 1.10 bits per heavy atom. The van der Waals surface area contributed by atoms with Crippen LogP contribution in [0.1, 0.15) is 13.8 Å². The molecule has 30 heavy (non-hydrogen) atoms. The summed E-state index contributed by atoms with van der Waals surface area (Å²) in [5, 5.41) is 5.12. The fourth-order valence-corrected chi connectivity index (χ4v) is 5.14. The predicted octanol–water partition coefficient (Wildman–Crippen LogP) is 4.09. The third-order valence-electron chi connectivity index (χ3n) is 5.07. The Bertz CT molecular complexity index is 795. The van der Waals surface area contributed by atoms with Crippen LogP contribution in [0, 0.1) is 0 Å². The molecule has 2 aliphatic rings. The molecule has 0 atom stereocenters. The van der Waals surface area contributed by atoms with Crippen molar-refractivity contribution in [1.29, 1.82) is 0 Å². The van der Waals surface area contributed by atoms with E-state index >= 15 is 0 Å². The van der Waals surface area contributed by atoms with Crippen molar-refractivity contribution in [2.75, 3.05) is 63.9 Å². The minimum atomic E-state index is 0. The maximum atomic E-state index is 6.57. The zero-order chi connectivity index (χ0) is 18.9. The van der Waals surface area contributed by atoms with Gasteiger partial charge in [-0.05, 0) is 26.0 Å². The quantitative estimate of drug-likeness (QED) is 0.581. The SMILES string of the molecule is CC(C)(CN1CCOCC1)Sc1nc2cc(Cl)c(N3CCNCC3)cc2[nH]1.Cl.Cl.Cl. The first-order valence-corrected chi connectivity index (χ1v) is 10.8. The van der Waals surface area contributed by atoms with Crippen molar-refractivity contribution in [2.24, 2.45) is 0 Å². The minimum Gasteiger partial charge on any atom is -0.379 e. The molecule has 172 valence electrons. The third-order valence-corrected chi connectivity index (χ3v) is 6.44. The zero-order valence-electron chi connectivity index (χ0n) is 17.3. The second-order valence-corrected chi connectivity index (χ2v) is 9.95. The predicted molar refractivity (Wildman–Crippen MR) is 135 cm³/mol. The van der Waals surface area contributed by atoms with Crippen LogP contribution < -0.4 is 10.2 Å². The van der Waals surface area contributed by atoms with Gasteiger partial charge in [0.05, 0.1) is 35.0 Å². The molecule has 2 N–H and O–H groups in total. The number of ether oxygens (including phenoxy) is 1. The molecule has 2 saturated heterocycles. The van der Waals surface area contributed by atoms with E-state index in [1.807, 2.05) is 6.07 Å². The number of halogens is 4. The Labute approximate surface area is 206 Å². The van der Waals surface area contributed by atoms with Crippen molar-refractivity contribution in [3.8, 4) is 0 Å². The number of aromatic amines is 1. The molecule has 0 amide bonds. The number of piperazine rings is 1. The standard InChI is InChI=1S/C19H28ClN5OS.3ClH/c1-19(2,13-24-7-9-26-10-8-24)27-18-22-15-11-14(20)17(12-16(15)23-18)25-5-3-21-4-6-25;;;/h11-12,21H,3-10,13H2,1-2H3,(H,22,23);3*1H. The Morgan fingerprint density at radius 2 is 1.77 bits per heavy atom. The van der Waals surface area contributed by atoms with Gasteiger partial charge in [-0.3, -0.25) is 4.90 Å². The van der Waals surface area contributed by atoms with Crippen LogP contribution in [0.4, 0.5) is 5.69 Å². The Kier molecular flexibility index (Phi) is 11.4. The summed E-state index contributed by atoms with van der Waals surface area (Å²) in [6.07, 6.45) is 0. The van der Waals surface area contributed by atoms with E-state index in [9.17, 15) is 0 Å². The smallest absolute Gasteiger partial charge is 0.166 e. The van der Waals surface area contributed by atoms with Crippen LogP contribution in [0.25, 0.3) is 11.0 Å². The number of aromatic nitrogens is 2. The lowest BCUT2D eigenvalue weighted by Gasteiger charge is -2.33. The van der Waals surface area contributed by atoms with Crippen molar-refractivity contribution in [1.82, 2.24) is 20.2 Å². The molecule has 6 nitrogen and oxygen atoms in total. The van der Waals surface area contributed by atoms with E-state index in [1.165, 1.54) is 0 Å². The maximum Gasteiger partial charge on any atom is 0.166 e. The summed E-state index contributed by atoms with van der Waals surface area (Å²) >= 11 is 8.36.